The Kier molecular flexibility index (Phi) is 4.06. The molecule has 0 saturated heterocycles. The summed E-state index contributed by atoms with van der Waals surface area (Å²) in [5.41, 5.74) is 3.99. The molecule has 0 fully saturated rings. The third-order valence-electron chi connectivity index (χ3n) is 3.35. The number of carbonyl (C=O) groups is 1. The molecular formula is C15H21N3O2. The van der Waals surface area contributed by atoms with Gasteiger partial charge < -0.3 is 4.74 Å². The summed E-state index contributed by atoms with van der Waals surface area (Å²) in [6.45, 7) is 10.3. The van der Waals surface area contributed by atoms with Crippen molar-refractivity contribution >= 4 is 17.0 Å². The number of esters is 1. The topological polar surface area (TPSA) is 57.0 Å². The van der Waals surface area contributed by atoms with Gasteiger partial charge in [-0.05, 0) is 49.9 Å². The number of hydrogen-bond donors (Lipinski definition) is 0. The molecule has 0 aliphatic carbocycles. The van der Waals surface area contributed by atoms with Crippen molar-refractivity contribution in [2.75, 3.05) is 6.61 Å². The Bertz CT molecular complexity index is 631. The van der Waals surface area contributed by atoms with Crippen molar-refractivity contribution in [2.45, 2.75) is 40.7 Å². The average molecular weight is 275 g/mol. The third-order valence-corrected chi connectivity index (χ3v) is 3.35. The maximum Gasteiger partial charge on any atom is 0.330 e. The van der Waals surface area contributed by atoms with Gasteiger partial charge in [-0.2, -0.15) is 0 Å². The van der Waals surface area contributed by atoms with E-state index in [-0.39, 0.29) is 5.97 Å². The van der Waals surface area contributed by atoms with Crippen LogP contribution in [0, 0.1) is 19.8 Å². The normalized spacial score (nSPS) is 12.9. The average Bonchev–Trinajstić information content (AvgIpc) is 2.78. The lowest BCUT2D eigenvalue weighted by molar-refractivity contribution is -0.148. The van der Waals surface area contributed by atoms with Crippen LogP contribution in [0.25, 0.3) is 11.0 Å². The predicted octanol–water partition coefficient (Wildman–Crippen LogP) is 2.81. The maximum atomic E-state index is 12.0. The number of benzene rings is 1. The van der Waals surface area contributed by atoms with E-state index in [1.807, 2.05) is 39.8 Å². The smallest absolute Gasteiger partial charge is 0.330 e. The number of aromatic nitrogens is 3. The second-order valence-corrected chi connectivity index (χ2v) is 5.66. The van der Waals surface area contributed by atoms with E-state index in [1.54, 1.807) is 11.6 Å². The monoisotopic (exact) mass is 275 g/mol. The van der Waals surface area contributed by atoms with E-state index in [4.69, 9.17) is 4.74 Å². The van der Waals surface area contributed by atoms with Crippen LogP contribution in [0.15, 0.2) is 12.1 Å². The van der Waals surface area contributed by atoms with Crippen LogP contribution in [-0.4, -0.2) is 27.6 Å². The van der Waals surface area contributed by atoms with Crippen molar-refractivity contribution in [2.24, 2.45) is 5.92 Å². The highest BCUT2D eigenvalue weighted by Crippen LogP contribution is 2.20. The van der Waals surface area contributed by atoms with Gasteiger partial charge >= 0.3 is 5.97 Å². The molecule has 0 spiro atoms. The number of aryl methyl sites for hydroxylation is 2. The molecule has 2 aromatic rings. The molecule has 108 valence electrons. The lowest BCUT2D eigenvalue weighted by atomic mass is 10.1. The highest BCUT2D eigenvalue weighted by Gasteiger charge is 2.20. The molecular weight excluding hydrogens is 254 g/mol. The molecule has 2 rings (SSSR count). The summed E-state index contributed by atoms with van der Waals surface area (Å²) >= 11 is 0. The van der Waals surface area contributed by atoms with E-state index in [0.29, 0.717) is 12.5 Å². The van der Waals surface area contributed by atoms with Crippen LogP contribution in [0.4, 0.5) is 0 Å². The Morgan fingerprint density at radius 3 is 2.55 bits per heavy atom. The van der Waals surface area contributed by atoms with Crippen molar-refractivity contribution in [3.63, 3.8) is 0 Å². The molecule has 0 amide bonds. The van der Waals surface area contributed by atoms with E-state index in [0.717, 1.165) is 16.6 Å². The molecule has 1 atom stereocenters. The number of fused-ring (bicyclic) bond motifs is 1. The molecule has 0 N–H and O–H groups in total. The largest absolute Gasteiger partial charge is 0.464 e. The van der Waals surface area contributed by atoms with Crippen molar-refractivity contribution < 1.29 is 9.53 Å². The van der Waals surface area contributed by atoms with Crippen LogP contribution in [-0.2, 0) is 9.53 Å². The summed E-state index contributed by atoms with van der Waals surface area (Å²) in [5, 5.41) is 8.22. The number of carbonyl (C=O) groups excluding carboxylic acids is 1. The minimum absolute atomic E-state index is 0.274. The first kappa shape index (κ1) is 14.5. The van der Waals surface area contributed by atoms with Crippen molar-refractivity contribution in [3.8, 4) is 0 Å². The summed E-state index contributed by atoms with van der Waals surface area (Å²) in [4.78, 5) is 12.0. The summed E-state index contributed by atoms with van der Waals surface area (Å²) < 4.78 is 6.89. The van der Waals surface area contributed by atoms with Gasteiger partial charge in [-0.3, -0.25) is 0 Å². The Morgan fingerprint density at radius 1 is 1.25 bits per heavy atom. The molecule has 5 heteroatoms. The second kappa shape index (κ2) is 5.61. The summed E-state index contributed by atoms with van der Waals surface area (Å²) in [7, 11) is 0. The van der Waals surface area contributed by atoms with E-state index in [9.17, 15) is 4.79 Å². The number of hydrogen-bond acceptors (Lipinski definition) is 4. The minimum Gasteiger partial charge on any atom is -0.464 e. The molecule has 1 aromatic carbocycles. The second-order valence-electron chi connectivity index (χ2n) is 5.66. The van der Waals surface area contributed by atoms with E-state index >= 15 is 0 Å². The zero-order valence-electron chi connectivity index (χ0n) is 12.7. The van der Waals surface area contributed by atoms with Crippen LogP contribution in [0.3, 0.4) is 0 Å². The SMILES string of the molecule is Cc1cc2nnn(C(C)C(=O)OCC(C)C)c2cc1C. The first-order valence-corrected chi connectivity index (χ1v) is 6.89. The van der Waals surface area contributed by atoms with Gasteiger partial charge in [-0.1, -0.05) is 19.1 Å². The molecule has 20 heavy (non-hydrogen) atoms. The Morgan fingerprint density at radius 2 is 1.90 bits per heavy atom. The van der Waals surface area contributed by atoms with Gasteiger partial charge in [-0.25, -0.2) is 9.48 Å². The standard InChI is InChI=1S/C15H21N3O2/c1-9(2)8-20-15(19)12(5)18-14-7-11(4)10(3)6-13(14)16-17-18/h6-7,9,12H,8H2,1-5H3. The minimum atomic E-state index is -0.471. The molecule has 0 saturated carbocycles. The summed E-state index contributed by atoms with van der Waals surface area (Å²) in [6, 6.07) is 3.53. The van der Waals surface area contributed by atoms with Crippen LogP contribution >= 0.6 is 0 Å². The molecule has 5 nitrogen and oxygen atoms in total. The molecule has 0 radical (unpaired) electrons. The third kappa shape index (κ3) is 2.81. The fraction of sp³-hybridized carbons (Fsp3) is 0.533. The van der Waals surface area contributed by atoms with Crippen molar-refractivity contribution in [1.82, 2.24) is 15.0 Å². The Balaban J connectivity index is 2.28. The Hall–Kier alpha value is -1.91. The van der Waals surface area contributed by atoms with Gasteiger partial charge in [0.15, 0.2) is 0 Å². The molecule has 0 aliphatic rings. The van der Waals surface area contributed by atoms with Gasteiger partial charge in [0.1, 0.15) is 11.6 Å². The first-order chi connectivity index (χ1) is 9.40. The zero-order chi connectivity index (χ0) is 14.9. The van der Waals surface area contributed by atoms with Gasteiger partial charge in [0.05, 0.1) is 12.1 Å². The predicted molar refractivity (Wildman–Crippen MR) is 77.5 cm³/mol. The van der Waals surface area contributed by atoms with E-state index in [2.05, 4.69) is 10.3 Å². The maximum absolute atomic E-state index is 12.0. The van der Waals surface area contributed by atoms with Crippen LogP contribution in [0.1, 0.15) is 37.9 Å². The van der Waals surface area contributed by atoms with Gasteiger partial charge in [0, 0.05) is 0 Å². The lowest BCUT2D eigenvalue weighted by Crippen LogP contribution is -2.22. The highest BCUT2D eigenvalue weighted by atomic mass is 16.5. The van der Waals surface area contributed by atoms with Crippen LogP contribution < -0.4 is 0 Å². The quantitative estimate of drug-likeness (QED) is 0.805. The molecule has 1 heterocycles. The van der Waals surface area contributed by atoms with Gasteiger partial charge in [-0.15, -0.1) is 5.10 Å². The zero-order valence-corrected chi connectivity index (χ0v) is 12.7. The number of nitrogens with zero attached hydrogens (tertiary/aromatic N) is 3. The fourth-order valence-corrected chi connectivity index (χ4v) is 1.95. The highest BCUT2D eigenvalue weighted by molar-refractivity contribution is 5.80. The first-order valence-electron chi connectivity index (χ1n) is 6.89. The summed E-state index contributed by atoms with van der Waals surface area (Å²) in [6.07, 6.45) is 0. The summed E-state index contributed by atoms with van der Waals surface area (Å²) in [5.74, 6) is 0.0484. The fourth-order valence-electron chi connectivity index (χ4n) is 1.95. The molecule has 0 aliphatic heterocycles. The van der Waals surface area contributed by atoms with E-state index < -0.39 is 6.04 Å². The van der Waals surface area contributed by atoms with Crippen molar-refractivity contribution in [3.05, 3.63) is 23.3 Å². The lowest BCUT2D eigenvalue weighted by Gasteiger charge is -2.13. The molecule has 0 bridgehead atoms. The number of rotatable bonds is 4. The van der Waals surface area contributed by atoms with Gasteiger partial charge in [0.2, 0.25) is 0 Å². The van der Waals surface area contributed by atoms with Gasteiger partial charge in [0.25, 0.3) is 0 Å². The van der Waals surface area contributed by atoms with E-state index in [1.165, 1.54) is 5.56 Å². The van der Waals surface area contributed by atoms with Crippen LogP contribution in [0.5, 0.6) is 0 Å². The molecule has 1 aromatic heterocycles. The molecule has 1 unspecified atom stereocenters. The number of ether oxygens (including phenoxy) is 1. The van der Waals surface area contributed by atoms with Crippen molar-refractivity contribution in [1.29, 1.82) is 0 Å². The Labute approximate surface area is 118 Å². The van der Waals surface area contributed by atoms with Crippen LogP contribution in [0.2, 0.25) is 0 Å².